The summed E-state index contributed by atoms with van der Waals surface area (Å²) in [6.07, 6.45) is 1.32. The highest BCUT2D eigenvalue weighted by molar-refractivity contribution is 6.05. The van der Waals surface area contributed by atoms with Gasteiger partial charge in [0.1, 0.15) is 11.4 Å². The van der Waals surface area contributed by atoms with Gasteiger partial charge in [-0.15, -0.1) is 0 Å². The number of carbonyl (C=O) groups excluding carboxylic acids is 1. The number of ether oxygens (including phenoxy) is 1. The molecule has 0 radical (unpaired) electrons. The molecule has 1 heterocycles. The van der Waals surface area contributed by atoms with Crippen molar-refractivity contribution >= 4 is 17.3 Å². The van der Waals surface area contributed by atoms with Crippen LogP contribution in [0, 0.1) is 11.6 Å². The zero-order valence-corrected chi connectivity index (χ0v) is 11.2. The fourth-order valence-electron chi connectivity index (χ4n) is 1.66. The fraction of sp³-hybridized carbons (Fsp3) is 0.143. The van der Waals surface area contributed by atoms with Crippen LogP contribution in [-0.4, -0.2) is 17.5 Å². The first-order valence-electron chi connectivity index (χ1n) is 6.16. The van der Waals surface area contributed by atoms with Gasteiger partial charge in [0.25, 0.3) is 5.91 Å². The molecule has 1 aromatic heterocycles. The molecule has 2 aromatic rings. The Hall–Kier alpha value is -2.70. The monoisotopic (exact) mass is 293 g/mol. The molecule has 3 N–H and O–H groups in total. The first kappa shape index (κ1) is 14.7. The van der Waals surface area contributed by atoms with Gasteiger partial charge in [0, 0.05) is 6.07 Å². The van der Waals surface area contributed by atoms with Gasteiger partial charge in [-0.05, 0) is 25.1 Å². The van der Waals surface area contributed by atoms with Gasteiger partial charge in [-0.2, -0.15) is 0 Å². The van der Waals surface area contributed by atoms with Crippen LogP contribution in [0.5, 0.6) is 5.88 Å². The number of rotatable bonds is 4. The van der Waals surface area contributed by atoms with E-state index in [9.17, 15) is 13.6 Å². The first-order chi connectivity index (χ1) is 10.0. The van der Waals surface area contributed by atoms with Crippen molar-refractivity contribution in [3.8, 4) is 5.88 Å². The van der Waals surface area contributed by atoms with Crippen LogP contribution in [0.4, 0.5) is 20.2 Å². The van der Waals surface area contributed by atoms with Crippen LogP contribution in [0.2, 0.25) is 0 Å². The Balaban J connectivity index is 2.20. The number of nitrogen functional groups attached to an aromatic ring is 1. The van der Waals surface area contributed by atoms with Crippen LogP contribution in [0.3, 0.4) is 0 Å². The molecule has 0 spiro atoms. The second-order valence-corrected chi connectivity index (χ2v) is 4.10. The molecule has 0 fully saturated rings. The Kier molecular flexibility index (Phi) is 4.32. The summed E-state index contributed by atoms with van der Waals surface area (Å²) in [6.45, 7) is 2.27. The molecule has 0 aliphatic heterocycles. The molecule has 0 aliphatic rings. The lowest BCUT2D eigenvalue weighted by molar-refractivity contribution is 0.101. The smallest absolute Gasteiger partial charge is 0.261 e. The summed E-state index contributed by atoms with van der Waals surface area (Å²) in [7, 11) is 0. The number of carbonyl (C=O) groups is 1. The van der Waals surface area contributed by atoms with E-state index in [2.05, 4.69) is 10.3 Å². The summed E-state index contributed by atoms with van der Waals surface area (Å²) in [5, 5.41) is 2.34. The number of nitrogens with zero attached hydrogens (tertiary/aromatic N) is 1. The molecule has 0 saturated carbocycles. The second kappa shape index (κ2) is 6.17. The highest BCUT2D eigenvalue weighted by Gasteiger charge is 2.19. The Morgan fingerprint density at radius 1 is 1.33 bits per heavy atom. The van der Waals surface area contributed by atoms with Crippen molar-refractivity contribution in [3.05, 3.63) is 47.7 Å². The largest absolute Gasteiger partial charge is 0.478 e. The normalized spacial score (nSPS) is 10.2. The highest BCUT2D eigenvalue weighted by atomic mass is 19.1. The number of anilines is 2. The lowest BCUT2D eigenvalue weighted by Crippen LogP contribution is -2.17. The summed E-state index contributed by atoms with van der Waals surface area (Å²) >= 11 is 0. The van der Waals surface area contributed by atoms with Crippen LogP contribution in [0.1, 0.15) is 17.3 Å². The van der Waals surface area contributed by atoms with Crippen molar-refractivity contribution in [2.24, 2.45) is 0 Å². The standard InChI is InChI=1S/C14H13F2N3O2/c1-2-21-11-6-3-8(7-18-11)19-14(20)12-9(15)4-5-10(17)13(12)16/h3-7H,2,17H2,1H3,(H,19,20). The second-order valence-electron chi connectivity index (χ2n) is 4.10. The summed E-state index contributed by atoms with van der Waals surface area (Å²) in [5.41, 5.74) is 4.57. The number of pyridine rings is 1. The lowest BCUT2D eigenvalue weighted by atomic mass is 10.1. The van der Waals surface area contributed by atoms with Gasteiger partial charge in [-0.3, -0.25) is 4.79 Å². The van der Waals surface area contributed by atoms with E-state index in [0.717, 1.165) is 12.1 Å². The van der Waals surface area contributed by atoms with Crippen molar-refractivity contribution in [1.29, 1.82) is 0 Å². The van der Waals surface area contributed by atoms with E-state index in [1.807, 2.05) is 6.92 Å². The van der Waals surface area contributed by atoms with Crippen molar-refractivity contribution in [3.63, 3.8) is 0 Å². The van der Waals surface area contributed by atoms with Gasteiger partial charge in [0.05, 0.1) is 24.2 Å². The minimum Gasteiger partial charge on any atom is -0.478 e. The average molecular weight is 293 g/mol. The predicted molar refractivity (Wildman–Crippen MR) is 74.1 cm³/mol. The van der Waals surface area contributed by atoms with Gasteiger partial charge in [-0.25, -0.2) is 13.8 Å². The maximum Gasteiger partial charge on any atom is 0.261 e. The van der Waals surface area contributed by atoms with Crippen LogP contribution >= 0.6 is 0 Å². The molecular weight excluding hydrogens is 280 g/mol. The molecule has 0 atom stereocenters. The van der Waals surface area contributed by atoms with Crippen LogP contribution in [0.25, 0.3) is 0 Å². The zero-order chi connectivity index (χ0) is 15.4. The highest BCUT2D eigenvalue weighted by Crippen LogP contribution is 2.20. The predicted octanol–water partition coefficient (Wildman–Crippen LogP) is 2.59. The Bertz CT molecular complexity index is 660. The summed E-state index contributed by atoms with van der Waals surface area (Å²) < 4.78 is 32.4. The average Bonchev–Trinajstić information content (AvgIpc) is 2.46. The third kappa shape index (κ3) is 3.25. The third-order valence-corrected chi connectivity index (χ3v) is 2.63. The zero-order valence-electron chi connectivity index (χ0n) is 11.2. The molecule has 0 bridgehead atoms. The Morgan fingerprint density at radius 3 is 2.71 bits per heavy atom. The Morgan fingerprint density at radius 2 is 2.10 bits per heavy atom. The van der Waals surface area contributed by atoms with E-state index in [1.54, 1.807) is 0 Å². The molecule has 7 heteroatoms. The molecule has 0 unspecified atom stereocenters. The molecule has 2 rings (SSSR count). The maximum atomic E-state index is 13.7. The van der Waals surface area contributed by atoms with Crippen LogP contribution in [0.15, 0.2) is 30.5 Å². The number of benzene rings is 1. The summed E-state index contributed by atoms with van der Waals surface area (Å²) in [5.74, 6) is -2.63. The van der Waals surface area contributed by atoms with Crippen molar-refractivity contribution in [1.82, 2.24) is 4.98 Å². The topological polar surface area (TPSA) is 77.2 Å². The molecule has 110 valence electrons. The number of halogens is 2. The quantitative estimate of drug-likeness (QED) is 0.849. The van der Waals surface area contributed by atoms with Crippen LogP contribution in [-0.2, 0) is 0 Å². The van der Waals surface area contributed by atoms with Crippen LogP contribution < -0.4 is 15.8 Å². The van der Waals surface area contributed by atoms with E-state index in [0.29, 0.717) is 12.5 Å². The van der Waals surface area contributed by atoms with Crippen molar-refractivity contribution in [2.45, 2.75) is 6.92 Å². The number of nitrogens with two attached hydrogens (primary N) is 1. The van der Waals surface area contributed by atoms with Gasteiger partial charge in [0.15, 0.2) is 5.82 Å². The maximum absolute atomic E-state index is 13.7. The number of hydrogen-bond acceptors (Lipinski definition) is 4. The lowest BCUT2D eigenvalue weighted by Gasteiger charge is -2.09. The van der Waals surface area contributed by atoms with Crippen molar-refractivity contribution < 1.29 is 18.3 Å². The van der Waals surface area contributed by atoms with E-state index >= 15 is 0 Å². The minimum atomic E-state index is -1.09. The van der Waals surface area contributed by atoms with Gasteiger partial charge >= 0.3 is 0 Å². The van der Waals surface area contributed by atoms with E-state index in [-0.39, 0.29) is 11.4 Å². The molecule has 1 amide bonds. The molecule has 21 heavy (non-hydrogen) atoms. The molecule has 1 aromatic carbocycles. The molecular formula is C14H13F2N3O2. The fourth-order valence-corrected chi connectivity index (χ4v) is 1.66. The van der Waals surface area contributed by atoms with Gasteiger partial charge in [0.2, 0.25) is 5.88 Å². The first-order valence-corrected chi connectivity index (χ1v) is 6.16. The molecule has 5 nitrogen and oxygen atoms in total. The van der Waals surface area contributed by atoms with E-state index in [4.69, 9.17) is 10.5 Å². The van der Waals surface area contributed by atoms with Gasteiger partial charge < -0.3 is 15.8 Å². The summed E-state index contributed by atoms with van der Waals surface area (Å²) in [4.78, 5) is 15.8. The SMILES string of the molecule is CCOc1ccc(NC(=O)c2c(F)ccc(N)c2F)cn1. The third-order valence-electron chi connectivity index (χ3n) is 2.63. The molecule has 0 saturated heterocycles. The Labute approximate surface area is 119 Å². The number of amides is 1. The van der Waals surface area contributed by atoms with E-state index in [1.165, 1.54) is 18.3 Å². The number of aromatic nitrogens is 1. The van der Waals surface area contributed by atoms with E-state index < -0.39 is 23.1 Å². The molecule has 0 aliphatic carbocycles. The minimum absolute atomic E-state index is 0.282. The summed E-state index contributed by atoms with van der Waals surface area (Å²) in [6, 6.07) is 5.03. The number of hydrogen-bond donors (Lipinski definition) is 2. The van der Waals surface area contributed by atoms with Gasteiger partial charge in [-0.1, -0.05) is 0 Å². The van der Waals surface area contributed by atoms with Crippen molar-refractivity contribution in [2.75, 3.05) is 17.7 Å². The number of nitrogens with one attached hydrogen (secondary N) is 1.